The molecule has 0 aromatic heterocycles. The summed E-state index contributed by atoms with van der Waals surface area (Å²) in [6.45, 7) is 3.57. The summed E-state index contributed by atoms with van der Waals surface area (Å²) in [5, 5.41) is 3.57. The number of rotatable bonds is 7. The standard InChI is InChI=1S/C23H28Cl2N2O3S/c1-4-22(18-10-9-16-7-5-6-8-17(16)13-18)26-23(28)15(2)27(31(3,29)30)19-11-12-20(24)21(25)14-19/h9-15,22H,4-8H2,1-3H3,(H,26,28)/t15-,22-/m1/s1. The highest BCUT2D eigenvalue weighted by Crippen LogP contribution is 2.30. The summed E-state index contributed by atoms with van der Waals surface area (Å²) < 4.78 is 26.1. The van der Waals surface area contributed by atoms with E-state index in [1.54, 1.807) is 13.0 Å². The van der Waals surface area contributed by atoms with Gasteiger partial charge in [-0.25, -0.2) is 8.42 Å². The number of anilines is 1. The normalized spacial score (nSPS) is 15.6. The smallest absolute Gasteiger partial charge is 0.244 e. The van der Waals surface area contributed by atoms with Crippen molar-refractivity contribution in [1.82, 2.24) is 5.32 Å². The first-order chi connectivity index (χ1) is 14.6. The SMILES string of the molecule is CC[C@@H](NC(=O)[C@@H](C)N(c1ccc(Cl)c(Cl)c1)S(C)(=O)=O)c1ccc2c(c1)CCCC2. The van der Waals surface area contributed by atoms with E-state index in [0.29, 0.717) is 17.1 Å². The van der Waals surface area contributed by atoms with Crippen molar-refractivity contribution in [1.29, 1.82) is 0 Å². The topological polar surface area (TPSA) is 66.5 Å². The van der Waals surface area contributed by atoms with Crippen molar-refractivity contribution in [3.8, 4) is 0 Å². The van der Waals surface area contributed by atoms with Gasteiger partial charge < -0.3 is 5.32 Å². The number of nitrogens with zero attached hydrogens (tertiary/aromatic N) is 1. The number of carbonyl (C=O) groups is 1. The molecule has 0 aliphatic heterocycles. The first-order valence-electron chi connectivity index (χ1n) is 10.5. The second-order valence-electron chi connectivity index (χ2n) is 8.04. The van der Waals surface area contributed by atoms with Crippen molar-refractivity contribution < 1.29 is 13.2 Å². The molecule has 0 heterocycles. The van der Waals surface area contributed by atoms with Gasteiger partial charge >= 0.3 is 0 Å². The molecule has 0 saturated heterocycles. The van der Waals surface area contributed by atoms with E-state index in [1.165, 1.54) is 36.1 Å². The molecule has 3 rings (SSSR count). The molecule has 0 unspecified atom stereocenters. The van der Waals surface area contributed by atoms with Crippen LogP contribution in [0.1, 0.15) is 55.8 Å². The molecule has 0 fully saturated rings. The molecule has 31 heavy (non-hydrogen) atoms. The Labute approximate surface area is 194 Å². The molecule has 2 aromatic carbocycles. The van der Waals surface area contributed by atoms with E-state index >= 15 is 0 Å². The van der Waals surface area contributed by atoms with Gasteiger partial charge in [0.2, 0.25) is 15.9 Å². The summed E-state index contributed by atoms with van der Waals surface area (Å²) in [6.07, 6.45) is 6.33. The third-order valence-electron chi connectivity index (χ3n) is 5.75. The number of carbonyl (C=O) groups excluding carboxylic acids is 1. The van der Waals surface area contributed by atoms with Crippen LogP contribution in [0, 0.1) is 0 Å². The minimum Gasteiger partial charge on any atom is -0.347 e. The van der Waals surface area contributed by atoms with Crippen molar-refractivity contribution in [2.45, 2.75) is 58.0 Å². The number of hydrogen-bond donors (Lipinski definition) is 1. The Bertz CT molecular complexity index is 1070. The van der Waals surface area contributed by atoms with Gasteiger partial charge in [0, 0.05) is 0 Å². The van der Waals surface area contributed by atoms with Gasteiger partial charge in [0.15, 0.2) is 0 Å². The molecule has 1 N–H and O–H groups in total. The summed E-state index contributed by atoms with van der Waals surface area (Å²) in [5.41, 5.74) is 4.07. The molecule has 1 amide bonds. The van der Waals surface area contributed by atoms with Crippen LogP contribution < -0.4 is 9.62 Å². The van der Waals surface area contributed by atoms with E-state index in [9.17, 15) is 13.2 Å². The average molecular weight is 483 g/mol. The third kappa shape index (κ3) is 5.54. The molecule has 0 spiro atoms. The van der Waals surface area contributed by atoms with Gasteiger partial charge in [-0.2, -0.15) is 0 Å². The summed E-state index contributed by atoms with van der Waals surface area (Å²) >= 11 is 12.1. The van der Waals surface area contributed by atoms with E-state index < -0.39 is 16.1 Å². The fraction of sp³-hybridized carbons (Fsp3) is 0.435. The minimum atomic E-state index is -3.74. The fourth-order valence-corrected chi connectivity index (χ4v) is 5.57. The zero-order valence-corrected chi connectivity index (χ0v) is 20.3. The third-order valence-corrected chi connectivity index (χ3v) is 7.73. The van der Waals surface area contributed by atoms with Crippen molar-refractivity contribution in [3.63, 3.8) is 0 Å². The maximum absolute atomic E-state index is 13.1. The lowest BCUT2D eigenvalue weighted by Gasteiger charge is -2.30. The van der Waals surface area contributed by atoms with E-state index in [0.717, 1.165) is 29.0 Å². The second-order valence-corrected chi connectivity index (χ2v) is 10.7. The highest BCUT2D eigenvalue weighted by Gasteiger charge is 2.30. The monoisotopic (exact) mass is 482 g/mol. The lowest BCUT2D eigenvalue weighted by atomic mass is 9.88. The van der Waals surface area contributed by atoms with Crippen molar-refractivity contribution in [2.75, 3.05) is 10.6 Å². The Morgan fingerprint density at radius 2 is 1.74 bits per heavy atom. The van der Waals surface area contributed by atoms with Gasteiger partial charge in [0.05, 0.1) is 28.0 Å². The second kappa shape index (κ2) is 9.80. The number of benzene rings is 2. The molecule has 0 saturated carbocycles. The van der Waals surface area contributed by atoms with Gasteiger partial charge in [0.1, 0.15) is 6.04 Å². The predicted octanol–water partition coefficient (Wildman–Crippen LogP) is 5.29. The average Bonchev–Trinajstić information content (AvgIpc) is 2.73. The van der Waals surface area contributed by atoms with Crippen LogP contribution in [0.5, 0.6) is 0 Å². The highest BCUT2D eigenvalue weighted by atomic mass is 35.5. The number of sulfonamides is 1. The van der Waals surface area contributed by atoms with E-state index in [4.69, 9.17) is 23.2 Å². The van der Waals surface area contributed by atoms with Gasteiger partial charge in [-0.05, 0) is 73.9 Å². The van der Waals surface area contributed by atoms with Crippen LogP contribution in [0.3, 0.4) is 0 Å². The zero-order valence-electron chi connectivity index (χ0n) is 18.0. The largest absolute Gasteiger partial charge is 0.347 e. The molecule has 1 aliphatic carbocycles. The van der Waals surface area contributed by atoms with Gasteiger partial charge in [0.25, 0.3) is 0 Å². The summed E-state index contributed by atoms with van der Waals surface area (Å²) in [5.74, 6) is -0.374. The molecule has 2 aromatic rings. The predicted molar refractivity (Wildman–Crippen MR) is 128 cm³/mol. The van der Waals surface area contributed by atoms with Crippen molar-refractivity contribution in [2.24, 2.45) is 0 Å². The van der Waals surface area contributed by atoms with E-state index in [1.807, 2.05) is 6.92 Å². The quantitative estimate of drug-likeness (QED) is 0.582. The lowest BCUT2D eigenvalue weighted by molar-refractivity contribution is -0.122. The number of halogens is 2. The first-order valence-corrected chi connectivity index (χ1v) is 13.1. The molecule has 1 aliphatic rings. The van der Waals surface area contributed by atoms with Crippen molar-refractivity contribution >= 4 is 44.8 Å². The molecule has 2 atom stereocenters. The van der Waals surface area contributed by atoms with Crippen LogP contribution in [-0.4, -0.2) is 26.6 Å². The van der Waals surface area contributed by atoms with Gasteiger partial charge in [-0.15, -0.1) is 0 Å². The van der Waals surface area contributed by atoms with Crippen LogP contribution in [0.25, 0.3) is 0 Å². The molecular weight excluding hydrogens is 455 g/mol. The molecular formula is C23H28Cl2N2O3S. The van der Waals surface area contributed by atoms with Gasteiger partial charge in [-0.3, -0.25) is 9.10 Å². The maximum atomic E-state index is 13.1. The Morgan fingerprint density at radius 3 is 2.35 bits per heavy atom. The molecule has 168 valence electrons. The summed E-state index contributed by atoms with van der Waals surface area (Å²) in [6, 6.07) is 9.76. The van der Waals surface area contributed by atoms with Crippen LogP contribution in [-0.2, 0) is 27.7 Å². The summed E-state index contributed by atoms with van der Waals surface area (Å²) in [4.78, 5) is 13.1. The molecule has 8 heteroatoms. The molecule has 0 bridgehead atoms. The number of amides is 1. The zero-order chi connectivity index (χ0) is 22.8. The van der Waals surface area contributed by atoms with Crippen LogP contribution in [0.4, 0.5) is 5.69 Å². The maximum Gasteiger partial charge on any atom is 0.244 e. The molecule has 0 radical (unpaired) electrons. The molecule has 5 nitrogen and oxygen atoms in total. The fourth-order valence-electron chi connectivity index (χ4n) is 4.11. The number of hydrogen-bond acceptors (Lipinski definition) is 3. The lowest BCUT2D eigenvalue weighted by Crippen LogP contribution is -2.48. The summed E-state index contributed by atoms with van der Waals surface area (Å²) in [7, 11) is -3.74. The number of nitrogens with one attached hydrogen (secondary N) is 1. The highest BCUT2D eigenvalue weighted by molar-refractivity contribution is 7.92. The number of fused-ring (bicyclic) bond motifs is 1. The Hall–Kier alpha value is -1.76. The number of aryl methyl sites for hydroxylation is 2. The Balaban J connectivity index is 1.84. The van der Waals surface area contributed by atoms with Crippen molar-refractivity contribution in [3.05, 3.63) is 63.1 Å². The first kappa shape index (κ1) is 23.9. The Kier molecular flexibility index (Phi) is 7.55. The Morgan fingerprint density at radius 1 is 1.06 bits per heavy atom. The van der Waals surface area contributed by atoms with Crippen LogP contribution >= 0.6 is 23.2 Å². The minimum absolute atomic E-state index is 0.197. The van der Waals surface area contributed by atoms with Crippen LogP contribution in [0.2, 0.25) is 10.0 Å². The van der Waals surface area contributed by atoms with E-state index in [2.05, 4.69) is 23.5 Å². The van der Waals surface area contributed by atoms with Crippen LogP contribution in [0.15, 0.2) is 36.4 Å². The van der Waals surface area contributed by atoms with Gasteiger partial charge in [-0.1, -0.05) is 48.3 Å². The van der Waals surface area contributed by atoms with E-state index in [-0.39, 0.29) is 17.0 Å².